The zero-order valence-electron chi connectivity index (χ0n) is 1.86. The molecule has 3 heteroatoms. The van der Waals surface area contributed by atoms with E-state index in [1.807, 2.05) is 0 Å². The van der Waals surface area contributed by atoms with E-state index in [0.717, 1.165) is 0 Å². The maximum Gasteiger partial charge on any atom is 0 e. The normalized spacial score (nSPS) is 3.00. The van der Waals surface area contributed by atoms with Crippen LogP contribution < -0.4 is 0 Å². The molecule has 0 spiro atoms. The molecule has 0 aliphatic carbocycles. The van der Waals surface area contributed by atoms with Crippen molar-refractivity contribution in [2.45, 2.75) is 0 Å². The Balaban J connectivity index is 0. The van der Waals surface area contributed by atoms with Gasteiger partial charge in [0, 0.05) is 25.8 Å². The first-order chi connectivity index (χ1) is 1.41. The van der Waals surface area contributed by atoms with Crippen LogP contribution in [0.1, 0.15) is 0 Å². The van der Waals surface area contributed by atoms with Crippen LogP contribution in [0.5, 0.6) is 0 Å². The van der Waals surface area contributed by atoms with E-state index in [1.165, 1.54) is 0 Å². The molecule has 0 amide bonds. The molecule has 0 heterocycles. The molecule has 0 bridgehead atoms. The van der Waals surface area contributed by atoms with Crippen LogP contribution in [0.4, 0.5) is 0 Å². The molecular weight excluding hydrogens is 222 g/mol. The van der Waals surface area contributed by atoms with E-state index in [4.69, 9.17) is 9.90 Å². The van der Waals surface area contributed by atoms with Crippen LogP contribution in [0.25, 0.3) is 0 Å². The first-order valence-electron chi connectivity index (χ1n) is 0.428. The quantitative estimate of drug-likeness (QED) is 0.449. The summed E-state index contributed by atoms with van der Waals surface area (Å²) >= 11 is 0. The molecule has 0 atom stereocenters. The van der Waals surface area contributed by atoms with Gasteiger partial charge in [0.1, 0.15) is 0 Å². The molecule has 0 unspecified atom stereocenters. The molecule has 2 nitrogen and oxygen atoms in total. The second-order valence-corrected chi connectivity index (χ2v) is 0.0913. The van der Waals surface area contributed by atoms with Gasteiger partial charge in [0.05, 0.1) is 0 Å². The third kappa shape index (κ3) is 36.3. The van der Waals surface area contributed by atoms with Crippen molar-refractivity contribution in [3.05, 3.63) is 0 Å². The Morgan fingerprint density at radius 1 is 1.75 bits per heavy atom. The third-order valence-corrected chi connectivity index (χ3v) is 0. The van der Waals surface area contributed by atoms with Gasteiger partial charge in [-0.05, 0) is 0 Å². The predicted molar refractivity (Wildman–Crippen MR) is 8.32 cm³/mol. The summed E-state index contributed by atoms with van der Waals surface area (Å²) in [5, 5.41) is 6.76. The summed E-state index contributed by atoms with van der Waals surface area (Å²) in [6.45, 7) is 0.500. The molecule has 1 N–H and O–H groups in total. The van der Waals surface area contributed by atoms with Gasteiger partial charge in [-0.25, -0.2) is 0 Å². The predicted octanol–water partition coefficient (Wildman–Crippen LogP) is -0.391. The Kier molecular flexibility index (Phi) is 22.5. The van der Waals surface area contributed by atoms with E-state index in [9.17, 15) is 0 Å². The van der Waals surface area contributed by atoms with Gasteiger partial charge in [-0.2, -0.15) is 0 Å². The molecule has 0 aliphatic rings. The molecule has 0 saturated carbocycles. The SMILES string of the molecule is O=[C-]O.[Hf]. The molecule has 0 rings (SSSR count). The number of hydrogen-bond acceptors (Lipinski definition) is 1. The van der Waals surface area contributed by atoms with E-state index < -0.39 is 0 Å². The van der Waals surface area contributed by atoms with Gasteiger partial charge in [0.25, 0.3) is 0 Å². The summed E-state index contributed by atoms with van der Waals surface area (Å²) in [6.07, 6.45) is 0. The van der Waals surface area contributed by atoms with Gasteiger partial charge >= 0.3 is 0 Å². The second-order valence-electron chi connectivity index (χ2n) is 0.0913. The third-order valence-electron chi connectivity index (χ3n) is 0. The van der Waals surface area contributed by atoms with Gasteiger partial charge < -0.3 is 9.90 Å². The van der Waals surface area contributed by atoms with Crippen molar-refractivity contribution < 1.29 is 35.7 Å². The van der Waals surface area contributed by atoms with Gasteiger partial charge in [-0.3, -0.25) is 0 Å². The summed E-state index contributed by atoms with van der Waals surface area (Å²) in [7, 11) is 0. The minimum atomic E-state index is 0. The van der Waals surface area contributed by atoms with Crippen LogP contribution in [-0.4, -0.2) is 11.6 Å². The Labute approximate surface area is 42.6 Å². The van der Waals surface area contributed by atoms with Crippen molar-refractivity contribution in [2.24, 2.45) is 0 Å². The van der Waals surface area contributed by atoms with Gasteiger partial charge in [-0.15, -0.1) is 0 Å². The first kappa shape index (κ1) is 8.84. The zero-order valence-corrected chi connectivity index (χ0v) is 5.45. The van der Waals surface area contributed by atoms with Gasteiger partial charge in [-0.1, -0.05) is 6.47 Å². The number of rotatable bonds is 0. The molecule has 0 aliphatic heterocycles. The average molecular weight is 224 g/mol. The average Bonchev–Trinajstić information content (AvgIpc) is 0.918. The fourth-order valence-electron chi connectivity index (χ4n) is 0. The Hall–Kier alpha value is 0.340. The van der Waals surface area contributed by atoms with Crippen LogP contribution in [0.15, 0.2) is 0 Å². The van der Waals surface area contributed by atoms with Crippen LogP contribution in [0.2, 0.25) is 0 Å². The molecule has 0 aromatic rings. The second kappa shape index (κ2) is 10.2. The van der Waals surface area contributed by atoms with Crippen LogP contribution in [-0.2, 0) is 30.6 Å². The maximum absolute atomic E-state index is 8.24. The van der Waals surface area contributed by atoms with E-state index in [2.05, 4.69) is 0 Å². The Morgan fingerprint density at radius 3 is 1.75 bits per heavy atom. The fraction of sp³-hybridized carbons (Fsp3) is 0. The van der Waals surface area contributed by atoms with E-state index in [-0.39, 0.29) is 25.8 Å². The van der Waals surface area contributed by atoms with E-state index in [0.29, 0.717) is 6.47 Å². The molecular formula is CHHfO2-. The van der Waals surface area contributed by atoms with Gasteiger partial charge in [0.2, 0.25) is 0 Å². The molecule has 0 fully saturated rings. The summed E-state index contributed by atoms with van der Waals surface area (Å²) in [5.41, 5.74) is 0. The molecule has 0 aromatic carbocycles. The minimum Gasteiger partial charge on any atom is -0.665 e. The molecule has 0 saturated heterocycles. The van der Waals surface area contributed by atoms with Crippen molar-refractivity contribution >= 4 is 6.47 Å². The van der Waals surface area contributed by atoms with E-state index >= 15 is 0 Å². The Bertz CT molecular complexity index is 13.5. The van der Waals surface area contributed by atoms with Crippen molar-refractivity contribution in [1.29, 1.82) is 0 Å². The van der Waals surface area contributed by atoms with Gasteiger partial charge in [0.15, 0.2) is 0 Å². The number of aliphatic hydroxyl groups excluding tert-OH is 1. The monoisotopic (exact) mass is 225 g/mol. The summed E-state index contributed by atoms with van der Waals surface area (Å²) < 4.78 is 0. The van der Waals surface area contributed by atoms with Crippen molar-refractivity contribution in [3.8, 4) is 0 Å². The largest absolute Gasteiger partial charge is 0.665 e. The first-order valence-corrected chi connectivity index (χ1v) is 0.428. The topological polar surface area (TPSA) is 37.3 Å². The summed E-state index contributed by atoms with van der Waals surface area (Å²) in [5.74, 6) is 0. The van der Waals surface area contributed by atoms with E-state index in [1.54, 1.807) is 0 Å². The zero-order chi connectivity index (χ0) is 2.71. The van der Waals surface area contributed by atoms with Crippen molar-refractivity contribution in [3.63, 3.8) is 0 Å². The summed E-state index contributed by atoms with van der Waals surface area (Å²) in [4.78, 5) is 8.24. The van der Waals surface area contributed by atoms with Crippen molar-refractivity contribution in [1.82, 2.24) is 0 Å². The maximum atomic E-state index is 8.24. The minimum absolute atomic E-state index is 0. The molecule has 22 valence electrons. The number of hydrogen-bond donors (Lipinski definition) is 1. The fourth-order valence-corrected chi connectivity index (χ4v) is 0. The molecule has 0 radical (unpaired) electrons. The van der Waals surface area contributed by atoms with Crippen LogP contribution in [0, 0.1) is 0 Å². The molecule has 0 aromatic heterocycles. The van der Waals surface area contributed by atoms with Crippen LogP contribution in [0.3, 0.4) is 0 Å². The van der Waals surface area contributed by atoms with Crippen molar-refractivity contribution in [2.75, 3.05) is 0 Å². The Morgan fingerprint density at radius 2 is 1.75 bits per heavy atom. The smallest absolute Gasteiger partial charge is 0 e. The van der Waals surface area contributed by atoms with Crippen LogP contribution >= 0.6 is 0 Å². The summed E-state index contributed by atoms with van der Waals surface area (Å²) in [6, 6.07) is 0. The molecule has 4 heavy (non-hydrogen) atoms. The standard InChI is InChI=1S/CHO2.Hf/c2-1-3;/h(H,2,3);/q-1;.